The van der Waals surface area contributed by atoms with E-state index in [4.69, 9.17) is 0 Å². The number of aromatic nitrogens is 1. The molecule has 0 aliphatic carbocycles. The van der Waals surface area contributed by atoms with E-state index in [2.05, 4.69) is 51.5 Å². The van der Waals surface area contributed by atoms with Gasteiger partial charge in [-0.05, 0) is 36.8 Å². The highest BCUT2D eigenvalue weighted by Gasteiger charge is 2.13. The van der Waals surface area contributed by atoms with Gasteiger partial charge in [0.15, 0.2) is 5.96 Å². The molecule has 2 N–H and O–H groups in total. The lowest BCUT2D eigenvalue weighted by atomic mass is 9.99. The highest BCUT2D eigenvalue weighted by molar-refractivity contribution is 14.0. The van der Waals surface area contributed by atoms with Gasteiger partial charge in [0.25, 0.3) is 0 Å². The van der Waals surface area contributed by atoms with Crippen LogP contribution >= 0.6 is 24.0 Å². The van der Waals surface area contributed by atoms with Gasteiger partial charge in [-0.25, -0.2) is 4.98 Å². The van der Waals surface area contributed by atoms with Crippen LogP contribution in [0.1, 0.15) is 57.9 Å². The lowest BCUT2D eigenvalue weighted by Gasteiger charge is -2.18. The van der Waals surface area contributed by atoms with Gasteiger partial charge < -0.3 is 15.5 Å². The van der Waals surface area contributed by atoms with Crippen molar-refractivity contribution >= 4 is 35.8 Å². The van der Waals surface area contributed by atoms with Gasteiger partial charge in [0.1, 0.15) is 5.82 Å². The quantitative estimate of drug-likeness (QED) is 0.321. The molecule has 0 amide bonds. The number of anilines is 1. The van der Waals surface area contributed by atoms with E-state index in [-0.39, 0.29) is 24.0 Å². The van der Waals surface area contributed by atoms with Gasteiger partial charge in [0, 0.05) is 39.4 Å². The summed E-state index contributed by atoms with van der Waals surface area (Å²) < 4.78 is 0. The molecule has 0 radical (unpaired) electrons. The summed E-state index contributed by atoms with van der Waals surface area (Å²) in [6.07, 6.45) is 9.62. The summed E-state index contributed by atoms with van der Waals surface area (Å²) in [7, 11) is 1.83. The van der Waals surface area contributed by atoms with E-state index in [0.717, 1.165) is 43.9 Å². The molecule has 1 aromatic rings. The molecule has 1 aliphatic rings. The average molecular weight is 473 g/mol. The molecule has 1 atom stereocenters. The van der Waals surface area contributed by atoms with Gasteiger partial charge in [-0.1, -0.05) is 39.2 Å². The molecule has 2 rings (SSSR count). The first kappa shape index (κ1) is 23.0. The number of halogens is 1. The van der Waals surface area contributed by atoms with Gasteiger partial charge in [-0.3, -0.25) is 4.99 Å². The lowest BCUT2D eigenvalue weighted by Crippen LogP contribution is -2.39. The van der Waals surface area contributed by atoms with Gasteiger partial charge in [-0.15, -0.1) is 24.0 Å². The summed E-state index contributed by atoms with van der Waals surface area (Å²) in [6, 6.07) is 4.30. The largest absolute Gasteiger partial charge is 0.357 e. The number of pyridine rings is 1. The Kier molecular flexibility index (Phi) is 11.6. The Labute approximate surface area is 176 Å². The summed E-state index contributed by atoms with van der Waals surface area (Å²) in [5.74, 6) is 2.70. The molecule has 0 saturated carbocycles. The molecule has 5 nitrogen and oxygen atoms in total. The summed E-state index contributed by atoms with van der Waals surface area (Å²) in [5, 5.41) is 6.86. The number of hydrogen-bond donors (Lipinski definition) is 2. The molecule has 6 heteroatoms. The number of hydrogen-bond acceptors (Lipinski definition) is 3. The molecule has 2 heterocycles. The van der Waals surface area contributed by atoms with Crippen molar-refractivity contribution in [3.8, 4) is 0 Å². The number of unbranched alkanes of at least 4 members (excludes halogenated alkanes) is 1. The van der Waals surface area contributed by atoms with Gasteiger partial charge >= 0.3 is 0 Å². The van der Waals surface area contributed by atoms with Crippen LogP contribution < -0.4 is 15.5 Å². The van der Waals surface area contributed by atoms with Crippen LogP contribution in [0.3, 0.4) is 0 Å². The second-order valence-corrected chi connectivity index (χ2v) is 6.94. The third-order valence-corrected chi connectivity index (χ3v) is 5.02. The predicted octanol–water partition coefficient (Wildman–Crippen LogP) is 4.18. The fraction of sp³-hybridized carbons (Fsp3) is 0.700. The first-order valence-corrected chi connectivity index (χ1v) is 9.91. The third kappa shape index (κ3) is 7.68. The summed E-state index contributed by atoms with van der Waals surface area (Å²) in [4.78, 5) is 11.3. The molecule has 148 valence electrons. The molecule has 1 aromatic heterocycles. The van der Waals surface area contributed by atoms with Crippen LogP contribution in [-0.4, -0.2) is 37.6 Å². The van der Waals surface area contributed by atoms with Crippen molar-refractivity contribution in [2.75, 3.05) is 31.6 Å². The topological polar surface area (TPSA) is 52.6 Å². The van der Waals surface area contributed by atoms with Crippen molar-refractivity contribution < 1.29 is 0 Å². The monoisotopic (exact) mass is 473 g/mol. The minimum atomic E-state index is 0. The van der Waals surface area contributed by atoms with Crippen LogP contribution in [0.5, 0.6) is 0 Å². The van der Waals surface area contributed by atoms with E-state index < -0.39 is 0 Å². The average Bonchev–Trinajstić information content (AvgIpc) is 3.19. The van der Waals surface area contributed by atoms with E-state index >= 15 is 0 Å². The molecule has 0 aromatic carbocycles. The van der Waals surface area contributed by atoms with Gasteiger partial charge in [0.2, 0.25) is 0 Å². The Bertz CT molecular complexity index is 511. The minimum Gasteiger partial charge on any atom is -0.357 e. The zero-order chi connectivity index (χ0) is 17.9. The number of nitrogens with one attached hydrogen (secondary N) is 2. The van der Waals surface area contributed by atoms with Crippen molar-refractivity contribution in [1.29, 1.82) is 0 Å². The standard InChI is InChI=1S/C20H35N5.HI/c1-4-6-9-17(5-2)14-23-20(21-3)24-16-18-10-11-19(22-15-18)25-12-7-8-13-25;/h10-11,15,17H,4-9,12-14,16H2,1-3H3,(H2,21,23,24);1H. The van der Waals surface area contributed by atoms with Gasteiger partial charge in [-0.2, -0.15) is 0 Å². The van der Waals surface area contributed by atoms with Crippen LogP contribution in [0.25, 0.3) is 0 Å². The zero-order valence-electron chi connectivity index (χ0n) is 16.6. The summed E-state index contributed by atoms with van der Waals surface area (Å²) in [6.45, 7) is 8.53. The van der Waals surface area contributed by atoms with Gasteiger partial charge in [0.05, 0.1) is 0 Å². The summed E-state index contributed by atoms with van der Waals surface area (Å²) >= 11 is 0. The van der Waals surface area contributed by atoms with Crippen molar-refractivity contribution in [3.63, 3.8) is 0 Å². The van der Waals surface area contributed by atoms with E-state index in [1.165, 1.54) is 44.1 Å². The number of guanidine groups is 1. The Morgan fingerprint density at radius 3 is 2.58 bits per heavy atom. The number of aliphatic imine (C=N–C) groups is 1. The van der Waals surface area contributed by atoms with Crippen LogP contribution in [-0.2, 0) is 6.54 Å². The molecule has 26 heavy (non-hydrogen) atoms. The summed E-state index contributed by atoms with van der Waals surface area (Å²) in [5.41, 5.74) is 1.18. The third-order valence-electron chi connectivity index (χ3n) is 5.02. The highest BCUT2D eigenvalue weighted by Crippen LogP contribution is 2.17. The molecular formula is C20H36IN5. The maximum absolute atomic E-state index is 4.61. The van der Waals surface area contributed by atoms with Crippen LogP contribution in [0.15, 0.2) is 23.3 Å². The van der Waals surface area contributed by atoms with E-state index in [1.807, 2.05) is 13.2 Å². The Balaban J connectivity index is 0.00000338. The maximum Gasteiger partial charge on any atom is 0.191 e. The smallest absolute Gasteiger partial charge is 0.191 e. The Morgan fingerprint density at radius 1 is 1.23 bits per heavy atom. The predicted molar refractivity (Wildman–Crippen MR) is 123 cm³/mol. The first-order valence-electron chi connectivity index (χ1n) is 9.91. The molecule has 0 bridgehead atoms. The van der Waals surface area contributed by atoms with Crippen LogP contribution in [0, 0.1) is 5.92 Å². The minimum absolute atomic E-state index is 0. The lowest BCUT2D eigenvalue weighted by molar-refractivity contribution is 0.443. The molecule has 0 spiro atoms. The van der Waals surface area contributed by atoms with Crippen LogP contribution in [0.4, 0.5) is 5.82 Å². The Hall–Kier alpha value is -1.05. The number of nitrogens with zero attached hydrogens (tertiary/aromatic N) is 3. The van der Waals surface area contributed by atoms with Crippen molar-refractivity contribution in [2.45, 2.75) is 58.9 Å². The first-order chi connectivity index (χ1) is 12.3. The normalized spacial score (nSPS) is 15.5. The SMILES string of the molecule is CCCCC(CC)CNC(=NC)NCc1ccc(N2CCCC2)nc1.I. The molecule has 1 unspecified atom stereocenters. The Morgan fingerprint density at radius 2 is 2.00 bits per heavy atom. The zero-order valence-corrected chi connectivity index (χ0v) is 19.0. The van der Waals surface area contributed by atoms with Crippen molar-refractivity contribution in [1.82, 2.24) is 15.6 Å². The van der Waals surface area contributed by atoms with E-state index in [9.17, 15) is 0 Å². The van der Waals surface area contributed by atoms with E-state index in [0.29, 0.717) is 0 Å². The fourth-order valence-electron chi connectivity index (χ4n) is 3.25. The second kappa shape index (κ2) is 13.2. The van der Waals surface area contributed by atoms with Crippen LogP contribution in [0.2, 0.25) is 0 Å². The molecule has 1 aliphatic heterocycles. The fourth-order valence-corrected chi connectivity index (χ4v) is 3.25. The van der Waals surface area contributed by atoms with E-state index in [1.54, 1.807) is 0 Å². The van der Waals surface area contributed by atoms with Crippen molar-refractivity contribution in [3.05, 3.63) is 23.9 Å². The highest BCUT2D eigenvalue weighted by atomic mass is 127. The molecule has 1 saturated heterocycles. The van der Waals surface area contributed by atoms with Crippen molar-refractivity contribution in [2.24, 2.45) is 10.9 Å². The second-order valence-electron chi connectivity index (χ2n) is 6.94. The molecule has 1 fully saturated rings. The maximum atomic E-state index is 4.61. The molecular weight excluding hydrogens is 437 g/mol. The number of rotatable bonds is 9.